The topological polar surface area (TPSA) is 49.6 Å². The van der Waals surface area contributed by atoms with Crippen molar-refractivity contribution in [2.75, 3.05) is 26.2 Å². The molecule has 0 aliphatic rings. The quantitative estimate of drug-likeness (QED) is 0.421. The van der Waals surface area contributed by atoms with Crippen molar-refractivity contribution in [2.24, 2.45) is 0 Å². The van der Waals surface area contributed by atoms with Gasteiger partial charge in [0.15, 0.2) is 0 Å². The van der Waals surface area contributed by atoms with Crippen LogP contribution in [0, 0.1) is 6.92 Å². The minimum atomic E-state index is -0.00688. The normalized spacial score (nSPS) is 11.4. The monoisotopic (exact) mass is 432 g/mol. The number of likely N-dealkylation sites (N-methyl/N-ethyl adjacent to an activating group) is 1. The van der Waals surface area contributed by atoms with Crippen LogP contribution in [0.15, 0.2) is 60.9 Å². The Hall–Kier alpha value is -2.96. The Bertz CT molecular complexity index is 1190. The molecular formula is C25H28N4OS. The van der Waals surface area contributed by atoms with Gasteiger partial charge >= 0.3 is 0 Å². The number of benzene rings is 1. The van der Waals surface area contributed by atoms with Gasteiger partial charge in [-0.05, 0) is 50.3 Å². The SMILES string of the molecule is CCN(CC)CCNC(=O)c1ccc(-c2ccc3cnc(-c4cccc(C)c4)n3c2)s1. The molecule has 1 aromatic carbocycles. The van der Waals surface area contributed by atoms with Crippen molar-refractivity contribution in [3.05, 3.63) is 71.4 Å². The lowest BCUT2D eigenvalue weighted by Gasteiger charge is -2.17. The molecule has 0 aliphatic carbocycles. The van der Waals surface area contributed by atoms with Crippen LogP contribution in [0.4, 0.5) is 0 Å². The summed E-state index contributed by atoms with van der Waals surface area (Å²) in [4.78, 5) is 21.3. The molecule has 0 bridgehead atoms. The van der Waals surface area contributed by atoms with Gasteiger partial charge in [-0.3, -0.25) is 9.20 Å². The number of nitrogens with one attached hydrogen (secondary N) is 1. The molecule has 1 amide bonds. The molecule has 0 aliphatic heterocycles. The van der Waals surface area contributed by atoms with E-state index in [2.05, 4.69) is 83.0 Å². The first-order valence-corrected chi connectivity index (χ1v) is 11.6. The Labute approximate surface area is 187 Å². The maximum absolute atomic E-state index is 12.6. The Morgan fingerprint density at radius 2 is 1.94 bits per heavy atom. The first kappa shape index (κ1) is 21.3. The summed E-state index contributed by atoms with van der Waals surface area (Å²) in [5.74, 6) is 0.916. The van der Waals surface area contributed by atoms with Crippen molar-refractivity contribution >= 4 is 22.8 Å². The van der Waals surface area contributed by atoms with Crippen LogP contribution in [-0.2, 0) is 0 Å². The standard InChI is InChI=1S/C25H28N4OS/c1-4-28(5-2)14-13-26-25(30)23-12-11-22(31-23)20-9-10-21-16-27-24(29(21)17-20)19-8-6-7-18(3)15-19/h6-12,15-17H,4-5,13-14H2,1-3H3,(H,26,30). The van der Waals surface area contributed by atoms with Gasteiger partial charge in [-0.2, -0.15) is 0 Å². The maximum Gasteiger partial charge on any atom is 0.261 e. The third-order valence-corrected chi connectivity index (χ3v) is 6.66. The minimum absolute atomic E-state index is 0.00688. The highest BCUT2D eigenvalue weighted by Gasteiger charge is 2.12. The Balaban J connectivity index is 1.54. The molecule has 3 aromatic heterocycles. The molecular weight excluding hydrogens is 404 g/mol. The zero-order chi connectivity index (χ0) is 21.8. The summed E-state index contributed by atoms with van der Waals surface area (Å²) >= 11 is 1.52. The van der Waals surface area contributed by atoms with Gasteiger partial charge < -0.3 is 10.2 Å². The van der Waals surface area contributed by atoms with Gasteiger partial charge in [0.1, 0.15) is 5.82 Å². The van der Waals surface area contributed by atoms with Crippen LogP contribution in [-0.4, -0.2) is 46.4 Å². The number of pyridine rings is 1. The Kier molecular flexibility index (Phi) is 6.49. The highest BCUT2D eigenvalue weighted by atomic mass is 32.1. The summed E-state index contributed by atoms with van der Waals surface area (Å²) in [6, 6.07) is 16.5. The third-order valence-electron chi connectivity index (χ3n) is 5.53. The molecule has 5 nitrogen and oxygen atoms in total. The fraction of sp³-hybridized carbons (Fsp3) is 0.280. The summed E-state index contributed by atoms with van der Waals surface area (Å²) in [5.41, 5.74) is 4.43. The van der Waals surface area contributed by atoms with Crippen molar-refractivity contribution in [2.45, 2.75) is 20.8 Å². The molecule has 160 valence electrons. The lowest BCUT2D eigenvalue weighted by Crippen LogP contribution is -2.34. The molecule has 0 radical (unpaired) electrons. The number of thiophene rings is 1. The highest BCUT2D eigenvalue weighted by molar-refractivity contribution is 7.17. The van der Waals surface area contributed by atoms with Crippen molar-refractivity contribution in [1.29, 1.82) is 0 Å². The van der Waals surface area contributed by atoms with Gasteiger partial charge in [0, 0.05) is 35.3 Å². The molecule has 4 aromatic rings. The van der Waals surface area contributed by atoms with Crippen molar-refractivity contribution in [3.8, 4) is 21.8 Å². The van der Waals surface area contributed by atoms with Crippen LogP contribution >= 0.6 is 11.3 Å². The number of hydrogen-bond donors (Lipinski definition) is 1. The van der Waals surface area contributed by atoms with E-state index < -0.39 is 0 Å². The van der Waals surface area contributed by atoms with Gasteiger partial charge in [0.25, 0.3) is 5.91 Å². The van der Waals surface area contributed by atoms with E-state index in [4.69, 9.17) is 0 Å². The summed E-state index contributed by atoms with van der Waals surface area (Å²) in [6.07, 6.45) is 4.00. The highest BCUT2D eigenvalue weighted by Crippen LogP contribution is 2.30. The maximum atomic E-state index is 12.6. The molecule has 0 spiro atoms. The van der Waals surface area contributed by atoms with Crippen LogP contribution in [0.5, 0.6) is 0 Å². The Morgan fingerprint density at radius 1 is 1.10 bits per heavy atom. The van der Waals surface area contributed by atoms with Crippen LogP contribution < -0.4 is 5.32 Å². The number of imidazole rings is 1. The van der Waals surface area contributed by atoms with E-state index in [9.17, 15) is 4.79 Å². The van der Waals surface area contributed by atoms with Crippen molar-refractivity contribution in [1.82, 2.24) is 19.6 Å². The van der Waals surface area contributed by atoms with Gasteiger partial charge in [-0.1, -0.05) is 37.6 Å². The van der Waals surface area contributed by atoms with Crippen molar-refractivity contribution in [3.63, 3.8) is 0 Å². The van der Waals surface area contributed by atoms with Crippen LogP contribution in [0.25, 0.3) is 27.3 Å². The second-order valence-corrected chi connectivity index (χ2v) is 8.69. The summed E-state index contributed by atoms with van der Waals surface area (Å²) in [7, 11) is 0. The zero-order valence-electron chi connectivity index (χ0n) is 18.3. The molecule has 6 heteroatoms. The average molecular weight is 433 g/mol. The number of fused-ring (bicyclic) bond motifs is 1. The average Bonchev–Trinajstić information content (AvgIpc) is 3.43. The second kappa shape index (κ2) is 9.45. The first-order chi connectivity index (χ1) is 15.1. The molecule has 31 heavy (non-hydrogen) atoms. The zero-order valence-corrected chi connectivity index (χ0v) is 19.1. The van der Waals surface area contributed by atoms with Crippen LogP contribution in [0.3, 0.4) is 0 Å². The van der Waals surface area contributed by atoms with Gasteiger partial charge in [-0.15, -0.1) is 11.3 Å². The minimum Gasteiger partial charge on any atom is -0.350 e. The van der Waals surface area contributed by atoms with E-state index in [1.54, 1.807) is 0 Å². The summed E-state index contributed by atoms with van der Waals surface area (Å²) in [6.45, 7) is 9.89. The number of nitrogens with zero attached hydrogens (tertiary/aromatic N) is 3. The number of rotatable bonds is 8. The Morgan fingerprint density at radius 3 is 2.71 bits per heavy atom. The van der Waals surface area contributed by atoms with Crippen molar-refractivity contribution < 1.29 is 4.79 Å². The fourth-order valence-corrected chi connectivity index (χ4v) is 4.62. The van der Waals surface area contributed by atoms with Gasteiger partial charge in [-0.25, -0.2) is 4.98 Å². The predicted octanol–water partition coefficient (Wildman–Crippen LogP) is 5.11. The van der Waals surface area contributed by atoms with E-state index in [1.165, 1.54) is 16.9 Å². The number of aryl methyl sites for hydroxylation is 1. The molecule has 0 saturated carbocycles. The van der Waals surface area contributed by atoms with E-state index in [-0.39, 0.29) is 5.91 Å². The molecule has 3 heterocycles. The number of amides is 1. The number of carbonyl (C=O) groups is 1. The second-order valence-electron chi connectivity index (χ2n) is 7.61. The summed E-state index contributed by atoms with van der Waals surface area (Å²) in [5, 5.41) is 3.04. The molecule has 0 fully saturated rings. The lowest BCUT2D eigenvalue weighted by molar-refractivity contribution is 0.0953. The predicted molar refractivity (Wildman–Crippen MR) is 129 cm³/mol. The van der Waals surface area contributed by atoms with Crippen LogP contribution in [0.2, 0.25) is 0 Å². The number of aromatic nitrogens is 2. The largest absolute Gasteiger partial charge is 0.350 e. The lowest BCUT2D eigenvalue weighted by atomic mass is 10.1. The van der Waals surface area contributed by atoms with E-state index >= 15 is 0 Å². The van der Waals surface area contributed by atoms with Gasteiger partial charge in [0.2, 0.25) is 0 Å². The fourth-order valence-electron chi connectivity index (χ4n) is 3.70. The first-order valence-electron chi connectivity index (χ1n) is 10.7. The third kappa shape index (κ3) is 4.70. The molecule has 4 rings (SSSR count). The van der Waals surface area contributed by atoms with Crippen LogP contribution in [0.1, 0.15) is 29.1 Å². The van der Waals surface area contributed by atoms with E-state index in [1.807, 2.05) is 18.3 Å². The van der Waals surface area contributed by atoms with E-state index in [0.717, 1.165) is 51.9 Å². The van der Waals surface area contributed by atoms with Gasteiger partial charge in [0.05, 0.1) is 16.6 Å². The number of carbonyl (C=O) groups excluding carboxylic acids is 1. The number of hydrogen-bond acceptors (Lipinski definition) is 4. The molecule has 0 atom stereocenters. The smallest absolute Gasteiger partial charge is 0.261 e. The molecule has 1 N–H and O–H groups in total. The molecule has 0 saturated heterocycles. The van der Waals surface area contributed by atoms with E-state index in [0.29, 0.717) is 6.54 Å². The summed E-state index contributed by atoms with van der Waals surface area (Å²) < 4.78 is 2.12. The molecule has 0 unspecified atom stereocenters.